The Bertz CT molecular complexity index is 129. The van der Waals surface area contributed by atoms with Crippen molar-refractivity contribution in [3.8, 4) is 0 Å². The highest BCUT2D eigenvalue weighted by Crippen LogP contribution is 2.22. The van der Waals surface area contributed by atoms with Crippen molar-refractivity contribution in [2.24, 2.45) is 11.8 Å². The summed E-state index contributed by atoms with van der Waals surface area (Å²) < 4.78 is 0. The van der Waals surface area contributed by atoms with E-state index in [2.05, 4.69) is 25.7 Å². The predicted octanol–water partition coefficient (Wildman–Crippen LogP) is 1.81. The van der Waals surface area contributed by atoms with Gasteiger partial charge in [-0.1, -0.05) is 12.5 Å². The Balaban J connectivity index is 2.33. The van der Waals surface area contributed by atoms with E-state index in [1.54, 1.807) is 0 Å². The van der Waals surface area contributed by atoms with Crippen molar-refractivity contribution in [2.45, 2.75) is 20.3 Å². The monoisotopic (exact) mass is 139 g/mol. The lowest BCUT2D eigenvalue weighted by Gasteiger charge is -2.12. The van der Waals surface area contributed by atoms with E-state index in [0.29, 0.717) is 0 Å². The molecule has 0 amide bonds. The molecule has 0 radical (unpaired) electrons. The quantitative estimate of drug-likeness (QED) is 0.575. The van der Waals surface area contributed by atoms with Gasteiger partial charge in [-0.05, 0) is 38.3 Å². The summed E-state index contributed by atoms with van der Waals surface area (Å²) in [6.07, 6.45) is 1.20. The summed E-state index contributed by atoms with van der Waals surface area (Å²) in [6, 6.07) is 0. The van der Waals surface area contributed by atoms with Crippen LogP contribution in [0, 0.1) is 11.8 Å². The minimum Gasteiger partial charge on any atom is -0.316 e. The van der Waals surface area contributed by atoms with E-state index in [0.717, 1.165) is 11.8 Å². The fourth-order valence-electron chi connectivity index (χ4n) is 1.59. The lowest BCUT2D eigenvalue weighted by Crippen LogP contribution is -2.09. The van der Waals surface area contributed by atoms with Gasteiger partial charge >= 0.3 is 0 Å². The van der Waals surface area contributed by atoms with Gasteiger partial charge in [0.2, 0.25) is 0 Å². The summed E-state index contributed by atoms with van der Waals surface area (Å²) in [6.45, 7) is 10.7. The molecule has 1 fully saturated rings. The van der Waals surface area contributed by atoms with Gasteiger partial charge in [-0.15, -0.1) is 6.58 Å². The molecule has 1 heterocycles. The van der Waals surface area contributed by atoms with Gasteiger partial charge in [0.25, 0.3) is 0 Å². The number of hydrogen-bond donors (Lipinski definition) is 1. The molecule has 1 aliphatic heterocycles. The molecular formula is C9H17N. The van der Waals surface area contributed by atoms with Crippen LogP contribution >= 0.6 is 0 Å². The lowest BCUT2D eigenvalue weighted by molar-refractivity contribution is 0.450. The second-order valence-electron chi connectivity index (χ2n) is 3.56. The van der Waals surface area contributed by atoms with E-state index < -0.39 is 0 Å². The number of rotatable bonds is 2. The Labute approximate surface area is 63.5 Å². The Hall–Kier alpha value is -0.300. The predicted molar refractivity (Wildman–Crippen MR) is 45.0 cm³/mol. The summed E-state index contributed by atoms with van der Waals surface area (Å²) in [5.41, 5.74) is 1.32. The van der Waals surface area contributed by atoms with E-state index in [4.69, 9.17) is 0 Å². The van der Waals surface area contributed by atoms with Gasteiger partial charge in [0.15, 0.2) is 0 Å². The topological polar surface area (TPSA) is 12.0 Å². The first-order valence-electron chi connectivity index (χ1n) is 4.05. The van der Waals surface area contributed by atoms with Crippen molar-refractivity contribution in [3.63, 3.8) is 0 Å². The van der Waals surface area contributed by atoms with Crippen LogP contribution in [0.2, 0.25) is 0 Å². The first-order valence-corrected chi connectivity index (χ1v) is 4.05. The molecule has 0 aromatic carbocycles. The average Bonchev–Trinajstić information content (AvgIpc) is 2.15. The van der Waals surface area contributed by atoms with Crippen LogP contribution in [-0.2, 0) is 0 Å². The second-order valence-corrected chi connectivity index (χ2v) is 3.56. The van der Waals surface area contributed by atoms with Crippen LogP contribution in [0.15, 0.2) is 12.2 Å². The Morgan fingerprint density at radius 1 is 1.60 bits per heavy atom. The summed E-state index contributed by atoms with van der Waals surface area (Å²) in [4.78, 5) is 0. The van der Waals surface area contributed by atoms with Crippen LogP contribution in [0.5, 0.6) is 0 Å². The molecule has 0 aromatic rings. The first-order chi connectivity index (χ1) is 4.70. The zero-order chi connectivity index (χ0) is 7.56. The van der Waals surface area contributed by atoms with Gasteiger partial charge in [-0.25, -0.2) is 0 Å². The van der Waals surface area contributed by atoms with Gasteiger partial charge in [0.05, 0.1) is 0 Å². The third-order valence-corrected chi connectivity index (χ3v) is 2.29. The molecule has 1 nitrogen and oxygen atoms in total. The fourth-order valence-corrected chi connectivity index (χ4v) is 1.59. The molecule has 2 atom stereocenters. The molecule has 1 aliphatic rings. The third kappa shape index (κ3) is 1.84. The third-order valence-electron chi connectivity index (χ3n) is 2.29. The first kappa shape index (κ1) is 7.80. The summed E-state index contributed by atoms with van der Waals surface area (Å²) >= 11 is 0. The minimum absolute atomic E-state index is 0.844. The molecule has 58 valence electrons. The van der Waals surface area contributed by atoms with Gasteiger partial charge in [0.1, 0.15) is 0 Å². The van der Waals surface area contributed by atoms with Crippen LogP contribution in [0.1, 0.15) is 20.3 Å². The smallest absolute Gasteiger partial charge is 0.00143 e. The van der Waals surface area contributed by atoms with E-state index in [1.165, 1.54) is 25.1 Å². The van der Waals surface area contributed by atoms with E-state index in [-0.39, 0.29) is 0 Å². The maximum atomic E-state index is 3.93. The highest BCUT2D eigenvalue weighted by Gasteiger charge is 2.22. The van der Waals surface area contributed by atoms with Crippen molar-refractivity contribution in [3.05, 3.63) is 12.2 Å². The standard InChI is InChI=1S/C9H17N/c1-7(2)4-9-6-10-5-8(9)3/h8-10H,1,4-6H2,2-3H3. The SMILES string of the molecule is C=C(C)CC1CNCC1C. The molecule has 1 saturated heterocycles. The molecule has 0 bridgehead atoms. The normalized spacial score (nSPS) is 32.6. The zero-order valence-corrected chi connectivity index (χ0v) is 6.98. The Morgan fingerprint density at radius 3 is 2.70 bits per heavy atom. The minimum atomic E-state index is 0.844. The van der Waals surface area contributed by atoms with Crippen LogP contribution in [0.25, 0.3) is 0 Å². The molecule has 0 saturated carbocycles. The molecule has 1 rings (SSSR count). The van der Waals surface area contributed by atoms with Gasteiger partial charge < -0.3 is 5.32 Å². The number of hydrogen-bond acceptors (Lipinski definition) is 1. The summed E-state index contributed by atoms with van der Waals surface area (Å²) in [5.74, 6) is 1.69. The van der Waals surface area contributed by atoms with Gasteiger partial charge in [0, 0.05) is 0 Å². The van der Waals surface area contributed by atoms with Crippen LogP contribution in [-0.4, -0.2) is 13.1 Å². The molecule has 0 spiro atoms. The molecule has 1 heteroatoms. The molecule has 1 N–H and O–H groups in total. The zero-order valence-electron chi connectivity index (χ0n) is 6.98. The Kier molecular flexibility index (Phi) is 2.50. The number of nitrogens with one attached hydrogen (secondary N) is 1. The molecular weight excluding hydrogens is 122 g/mol. The van der Waals surface area contributed by atoms with Crippen molar-refractivity contribution >= 4 is 0 Å². The molecule has 2 unspecified atom stereocenters. The summed E-state index contributed by atoms with van der Waals surface area (Å²) in [5, 5.41) is 3.39. The van der Waals surface area contributed by atoms with E-state index in [9.17, 15) is 0 Å². The van der Waals surface area contributed by atoms with E-state index in [1.807, 2.05) is 0 Å². The van der Waals surface area contributed by atoms with Crippen molar-refractivity contribution < 1.29 is 0 Å². The molecule has 10 heavy (non-hydrogen) atoms. The summed E-state index contributed by atoms with van der Waals surface area (Å²) in [7, 11) is 0. The number of allylic oxidation sites excluding steroid dienone is 1. The average molecular weight is 139 g/mol. The van der Waals surface area contributed by atoms with Crippen molar-refractivity contribution in [1.29, 1.82) is 0 Å². The fraction of sp³-hybridized carbons (Fsp3) is 0.778. The van der Waals surface area contributed by atoms with Crippen LogP contribution < -0.4 is 5.32 Å². The lowest BCUT2D eigenvalue weighted by atomic mass is 9.92. The maximum absolute atomic E-state index is 3.93. The van der Waals surface area contributed by atoms with Crippen LogP contribution in [0.4, 0.5) is 0 Å². The Morgan fingerprint density at radius 2 is 2.30 bits per heavy atom. The van der Waals surface area contributed by atoms with Crippen molar-refractivity contribution in [2.75, 3.05) is 13.1 Å². The van der Waals surface area contributed by atoms with Gasteiger partial charge in [-0.3, -0.25) is 0 Å². The largest absolute Gasteiger partial charge is 0.316 e. The highest BCUT2D eigenvalue weighted by molar-refractivity contribution is 4.94. The van der Waals surface area contributed by atoms with E-state index >= 15 is 0 Å². The molecule has 0 aromatic heterocycles. The van der Waals surface area contributed by atoms with Gasteiger partial charge in [-0.2, -0.15) is 0 Å². The highest BCUT2D eigenvalue weighted by atomic mass is 14.9. The maximum Gasteiger partial charge on any atom is -0.00143 e. The molecule has 0 aliphatic carbocycles. The van der Waals surface area contributed by atoms with Crippen molar-refractivity contribution in [1.82, 2.24) is 5.32 Å². The van der Waals surface area contributed by atoms with Crippen LogP contribution in [0.3, 0.4) is 0 Å². The second kappa shape index (κ2) is 3.20.